The highest BCUT2D eigenvalue weighted by molar-refractivity contribution is 9.10. The normalized spacial score (nSPS) is 9.77. The molecule has 0 aliphatic heterocycles. The van der Waals surface area contributed by atoms with Gasteiger partial charge in [0.25, 0.3) is 0 Å². The van der Waals surface area contributed by atoms with Crippen LogP contribution in [0.25, 0.3) is 0 Å². The van der Waals surface area contributed by atoms with Crippen molar-refractivity contribution in [3.05, 3.63) is 22.3 Å². The monoisotopic (exact) mass is 243 g/mol. The second-order valence-corrected chi connectivity index (χ2v) is 3.57. The van der Waals surface area contributed by atoms with E-state index in [0.29, 0.717) is 12.3 Å². The van der Waals surface area contributed by atoms with E-state index in [-0.39, 0.29) is 5.78 Å². The lowest BCUT2D eigenvalue weighted by atomic mass is 10.2. The number of carbonyl (C=O) groups is 1. The number of halogens is 1. The van der Waals surface area contributed by atoms with Crippen LogP contribution in [0, 0.1) is 0 Å². The van der Waals surface area contributed by atoms with Gasteiger partial charge >= 0.3 is 0 Å². The van der Waals surface area contributed by atoms with Crippen LogP contribution in [0.3, 0.4) is 0 Å². The molecule has 0 saturated heterocycles. The molecule has 0 atom stereocenters. The molecule has 0 N–H and O–H groups in total. The van der Waals surface area contributed by atoms with E-state index in [4.69, 9.17) is 4.74 Å². The van der Waals surface area contributed by atoms with Crippen LogP contribution in [-0.2, 0) is 11.2 Å². The molecule has 0 radical (unpaired) electrons. The number of rotatable bonds is 3. The first kappa shape index (κ1) is 10.2. The van der Waals surface area contributed by atoms with Crippen LogP contribution >= 0.6 is 15.9 Å². The van der Waals surface area contributed by atoms with E-state index in [0.717, 1.165) is 10.0 Å². The molecule has 0 aromatic carbocycles. The zero-order chi connectivity index (χ0) is 9.84. The van der Waals surface area contributed by atoms with Crippen molar-refractivity contribution in [1.29, 1.82) is 0 Å². The second-order valence-electron chi connectivity index (χ2n) is 2.71. The molecule has 3 nitrogen and oxygen atoms in total. The molecule has 0 spiro atoms. The van der Waals surface area contributed by atoms with Crippen molar-refractivity contribution < 1.29 is 9.53 Å². The molecule has 13 heavy (non-hydrogen) atoms. The predicted octanol–water partition coefficient (Wildman–Crippen LogP) is 1.98. The number of Topliss-reactive ketones (excluding diaryl/α,β-unsaturated/α-hetero) is 1. The van der Waals surface area contributed by atoms with Crippen molar-refractivity contribution in [2.24, 2.45) is 0 Å². The molecule has 0 aliphatic carbocycles. The van der Waals surface area contributed by atoms with Crippen molar-refractivity contribution >= 4 is 21.7 Å². The number of ketones is 1. The van der Waals surface area contributed by atoms with E-state index in [9.17, 15) is 4.79 Å². The van der Waals surface area contributed by atoms with Gasteiger partial charge in [-0.3, -0.25) is 4.79 Å². The van der Waals surface area contributed by atoms with E-state index in [1.54, 1.807) is 20.2 Å². The van der Waals surface area contributed by atoms with Crippen LogP contribution in [-0.4, -0.2) is 17.9 Å². The highest BCUT2D eigenvalue weighted by Crippen LogP contribution is 2.22. The molecule has 1 heterocycles. The molecule has 1 aromatic heterocycles. The molecule has 1 aromatic rings. The predicted molar refractivity (Wildman–Crippen MR) is 52.9 cm³/mol. The Morgan fingerprint density at radius 2 is 2.38 bits per heavy atom. The van der Waals surface area contributed by atoms with Gasteiger partial charge in [0.1, 0.15) is 5.78 Å². The summed E-state index contributed by atoms with van der Waals surface area (Å²) >= 11 is 3.30. The van der Waals surface area contributed by atoms with E-state index in [2.05, 4.69) is 20.9 Å². The van der Waals surface area contributed by atoms with E-state index in [1.165, 1.54) is 0 Å². The van der Waals surface area contributed by atoms with Crippen LogP contribution in [0.2, 0.25) is 0 Å². The third-order valence-electron chi connectivity index (χ3n) is 1.51. The molecule has 0 unspecified atom stereocenters. The number of aromatic nitrogens is 1. The lowest BCUT2D eigenvalue weighted by molar-refractivity contribution is -0.116. The van der Waals surface area contributed by atoms with Gasteiger partial charge in [-0.1, -0.05) is 0 Å². The van der Waals surface area contributed by atoms with Crippen LogP contribution in [0.4, 0.5) is 0 Å². The van der Waals surface area contributed by atoms with Gasteiger partial charge in [-0.25, -0.2) is 4.98 Å². The summed E-state index contributed by atoms with van der Waals surface area (Å²) in [7, 11) is 1.55. The fourth-order valence-corrected chi connectivity index (χ4v) is 1.56. The number of hydrogen-bond donors (Lipinski definition) is 0. The van der Waals surface area contributed by atoms with Crippen LogP contribution in [0.5, 0.6) is 5.88 Å². The Bertz CT molecular complexity index is 325. The molecule has 4 heteroatoms. The Hall–Kier alpha value is -0.900. The van der Waals surface area contributed by atoms with Crippen LogP contribution in [0.1, 0.15) is 12.5 Å². The van der Waals surface area contributed by atoms with Gasteiger partial charge in [0, 0.05) is 12.6 Å². The van der Waals surface area contributed by atoms with Crippen molar-refractivity contribution in [2.45, 2.75) is 13.3 Å². The van der Waals surface area contributed by atoms with Gasteiger partial charge in [-0.05, 0) is 34.5 Å². The van der Waals surface area contributed by atoms with E-state index >= 15 is 0 Å². The van der Waals surface area contributed by atoms with Crippen molar-refractivity contribution in [3.63, 3.8) is 0 Å². The Balaban J connectivity index is 2.89. The minimum absolute atomic E-state index is 0.124. The number of pyridine rings is 1. The fraction of sp³-hybridized carbons (Fsp3) is 0.333. The summed E-state index contributed by atoms with van der Waals surface area (Å²) in [5, 5.41) is 0. The molecule has 0 fully saturated rings. The van der Waals surface area contributed by atoms with Crippen LogP contribution in [0.15, 0.2) is 16.7 Å². The third kappa shape index (κ3) is 2.81. The molecular weight excluding hydrogens is 234 g/mol. The highest BCUT2D eigenvalue weighted by atomic mass is 79.9. The second kappa shape index (κ2) is 4.37. The first-order valence-electron chi connectivity index (χ1n) is 3.81. The molecule has 1 rings (SSSR count). The SMILES string of the molecule is COc1ncc(CC(C)=O)cc1Br. The topological polar surface area (TPSA) is 39.2 Å². The summed E-state index contributed by atoms with van der Waals surface area (Å²) in [4.78, 5) is 14.8. The molecule has 0 amide bonds. The summed E-state index contributed by atoms with van der Waals surface area (Å²) in [6, 6.07) is 1.84. The minimum Gasteiger partial charge on any atom is -0.480 e. The first-order valence-corrected chi connectivity index (χ1v) is 4.60. The number of nitrogens with zero attached hydrogens (tertiary/aromatic N) is 1. The average molecular weight is 244 g/mol. The lowest BCUT2D eigenvalue weighted by Crippen LogP contribution is -1.98. The smallest absolute Gasteiger partial charge is 0.227 e. The van der Waals surface area contributed by atoms with Crippen molar-refractivity contribution in [2.75, 3.05) is 7.11 Å². The molecule has 0 aliphatic rings. The van der Waals surface area contributed by atoms with Gasteiger partial charge in [0.05, 0.1) is 11.6 Å². The molecule has 70 valence electrons. The molecular formula is C9H10BrNO2. The van der Waals surface area contributed by atoms with Gasteiger partial charge < -0.3 is 4.74 Å². The summed E-state index contributed by atoms with van der Waals surface area (Å²) in [5.41, 5.74) is 0.889. The standard InChI is InChI=1S/C9H10BrNO2/c1-6(12)3-7-4-8(10)9(13-2)11-5-7/h4-5H,3H2,1-2H3. The van der Waals surface area contributed by atoms with Crippen molar-refractivity contribution in [3.8, 4) is 5.88 Å². The number of methoxy groups -OCH3 is 1. The quantitative estimate of drug-likeness (QED) is 0.816. The van der Waals surface area contributed by atoms with Gasteiger partial charge in [-0.15, -0.1) is 0 Å². The molecule has 0 bridgehead atoms. The maximum atomic E-state index is 10.8. The van der Waals surface area contributed by atoms with Gasteiger partial charge in [0.2, 0.25) is 5.88 Å². The number of ether oxygens (including phenoxy) is 1. The number of hydrogen-bond acceptors (Lipinski definition) is 3. The highest BCUT2D eigenvalue weighted by Gasteiger charge is 2.04. The lowest BCUT2D eigenvalue weighted by Gasteiger charge is -2.03. The maximum absolute atomic E-state index is 10.8. The Morgan fingerprint density at radius 1 is 1.69 bits per heavy atom. The summed E-state index contributed by atoms with van der Waals surface area (Å²) in [6.45, 7) is 1.55. The fourth-order valence-electron chi connectivity index (χ4n) is 0.999. The average Bonchev–Trinajstić information content (AvgIpc) is 2.03. The Morgan fingerprint density at radius 3 is 2.85 bits per heavy atom. The zero-order valence-electron chi connectivity index (χ0n) is 7.50. The van der Waals surface area contributed by atoms with E-state index < -0.39 is 0 Å². The largest absolute Gasteiger partial charge is 0.480 e. The Labute approximate surface area is 85.3 Å². The maximum Gasteiger partial charge on any atom is 0.227 e. The Kier molecular flexibility index (Phi) is 3.42. The molecule has 0 saturated carbocycles. The zero-order valence-corrected chi connectivity index (χ0v) is 9.09. The minimum atomic E-state index is 0.124. The van der Waals surface area contributed by atoms with Crippen LogP contribution < -0.4 is 4.74 Å². The first-order chi connectivity index (χ1) is 6.13. The van der Waals surface area contributed by atoms with Gasteiger partial charge in [0.15, 0.2) is 0 Å². The summed E-state index contributed by atoms with van der Waals surface area (Å²) < 4.78 is 5.73. The summed E-state index contributed by atoms with van der Waals surface area (Å²) in [5.74, 6) is 0.658. The van der Waals surface area contributed by atoms with Gasteiger partial charge in [-0.2, -0.15) is 0 Å². The van der Waals surface area contributed by atoms with E-state index in [1.807, 2.05) is 6.07 Å². The summed E-state index contributed by atoms with van der Waals surface area (Å²) in [6.07, 6.45) is 2.06. The number of carbonyl (C=O) groups excluding carboxylic acids is 1. The van der Waals surface area contributed by atoms with Crippen molar-refractivity contribution in [1.82, 2.24) is 4.98 Å². The third-order valence-corrected chi connectivity index (χ3v) is 2.08.